The number of hydrogen-bond donors (Lipinski definition) is 1. The summed E-state index contributed by atoms with van der Waals surface area (Å²) in [6.07, 6.45) is -0.270. The van der Waals surface area contributed by atoms with E-state index in [4.69, 9.17) is 5.73 Å². The topological polar surface area (TPSA) is 72.1 Å². The molecule has 2 aromatic rings. The van der Waals surface area contributed by atoms with Crippen LogP contribution in [0.5, 0.6) is 0 Å². The molecule has 0 saturated carbocycles. The summed E-state index contributed by atoms with van der Waals surface area (Å²) in [5.74, 6) is 0.305. The highest BCUT2D eigenvalue weighted by Crippen LogP contribution is 2.33. The highest BCUT2D eigenvalue weighted by molar-refractivity contribution is 5.95. The molecule has 0 aliphatic carbocycles. The fourth-order valence-corrected chi connectivity index (χ4v) is 3.66. The lowest BCUT2D eigenvalue weighted by atomic mass is 9.89. The van der Waals surface area contributed by atoms with Crippen molar-refractivity contribution in [1.82, 2.24) is 14.9 Å². The molecule has 28 heavy (non-hydrogen) atoms. The van der Waals surface area contributed by atoms with Gasteiger partial charge < -0.3 is 10.6 Å². The molecule has 1 amide bonds. The quantitative estimate of drug-likeness (QED) is 0.857. The smallest absolute Gasteiger partial charge is 0.368 e. The van der Waals surface area contributed by atoms with Crippen LogP contribution in [0.25, 0.3) is 0 Å². The molecule has 8 heteroatoms. The number of carbonyl (C=O) groups is 1. The fraction of sp³-hybridized carbons (Fsp3) is 0.450. The molecule has 0 spiro atoms. The Morgan fingerprint density at radius 3 is 2.57 bits per heavy atom. The Bertz CT molecular complexity index is 846. The van der Waals surface area contributed by atoms with Crippen LogP contribution in [0.4, 0.5) is 19.1 Å². The van der Waals surface area contributed by atoms with E-state index in [1.54, 1.807) is 24.0 Å². The zero-order chi connectivity index (χ0) is 20.3. The van der Waals surface area contributed by atoms with Gasteiger partial charge in [-0.05, 0) is 50.2 Å². The molecule has 0 atom stereocenters. The van der Waals surface area contributed by atoms with Crippen molar-refractivity contribution in [2.24, 2.45) is 5.92 Å². The Morgan fingerprint density at radius 2 is 1.93 bits per heavy atom. The summed E-state index contributed by atoms with van der Waals surface area (Å²) < 4.78 is 39.3. The van der Waals surface area contributed by atoms with Crippen LogP contribution in [-0.4, -0.2) is 33.9 Å². The molecule has 5 nitrogen and oxygen atoms in total. The van der Waals surface area contributed by atoms with Crippen LogP contribution in [-0.2, 0) is 12.6 Å². The van der Waals surface area contributed by atoms with E-state index in [1.165, 1.54) is 12.3 Å². The van der Waals surface area contributed by atoms with Gasteiger partial charge in [0.2, 0.25) is 5.95 Å². The van der Waals surface area contributed by atoms with Crippen LogP contribution in [0.1, 0.15) is 46.4 Å². The second-order valence-electron chi connectivity index (χ2n) is 7.16. The molecule has 1 aliphatic rings. The number of nitrogens with two attached hydrogens (primary N) is 1. The first-order chi connectivity index (χ1) is 13.3. The highest BCUT2D eigenvalue weighted by Gasteiger charge is 2.33. The maximum Gasteiger partial charge on any atom is 0.416 e. The van der Waals surface area contributed by atoms with Crippen molar-refractivity contribution in [2.75, 3.05) is 18.8 Å². The predicted molar refractivity (Wildman–Crippen MR) is 99.6 cm³/mol. The Labute approximate surface area is 161 Å². The number of aryl methyl sites for hydroxylation is 2. The largest absolute Gasteiger partial charge is 0.416 e. The highest BCUT2D eigenvalue weighted by atomic mass is 19.4. The molecular formula is C20H23F3N4O. The molecule has 0 radical (unpaired) electrons. The average molecular weight is 392 g/mol. The number of piperidine rings is 1. The lowest BCUT2D eigenvalue weighted by molar-refractivity contribution is -0.138. The summed E-state index contributed by atoms with van der Waals surface area (Å²) in [5, 5.41) is 0. The normalized spacial score (nSPS) is 15.6. The van der Waals surface area contributed by atoms with Crippen molar-refractivity contribution in [3.63, 3.8) is 0 Å². The van der Waals surface area contributed by atoms with Crippen LogP contribution in [0, 0.1) is 12.8 Å². The SMILES string of the molecule is Cc1nc(N)ncc1C(=O)N1CCC(CCc2ccccc2C(F)(F)F)CC1. The average Bonchev–Trinajstić information content (AvgIpc) is 2.66. The number of amides is 1. The number of rotatable bonds is 4. The standard InChI is InChI=1S/C20H23F3N4O/c1-13-16(12-25-19(24)26-13)18(28)27-10-8-14(9-11-27)6-7-15-4-2-3-5-17(15)20(21,22)23/h2-5,12,14H,6-11H2,1H3,(H2,24,25,26). The first-order valence-corrected chi connectivity index (χ1v) is 9.29. The van der Waals surface area contributed by atoms with E-state index >= 15 is 0 Å². The van der Waals surface area contributed by atoms with Gasteiger partial charge in [0.15, 0.2) is 0 Å². The summed E-state index contributed by atoms with van der Waals surface area (Å²) in [5.41, 5.74) is 6.29. The van der Waals surface area contributed by atoms with Gasteiger partial charge in [0.05, 0.1) is 16.8 Å². The minimum Gasteiger partial charge on any atom is -0.368 e. The van der Waals surface area contributed by atoms with Gasteiger partial charge in [0.1, 0.15) is 0 Å². The second-order valence-corrected chi connectivity index (χ2v) is 7.16. The van der Waals surface area contributed by atoms with Gasteiger partial charge in [0, 0.05) is 19.3 Å². The van der Waals surface area contributed by atoms with Crippen molar-refractivity contribution in [2.45, 2.75) is 38.8 Å². The van der Waals surface area contributed by atoms with Gasteiger partial charge in [-0.25, -0.2) is 9.97 Å². The minimum absolute atomic E-state index is 0.127. The zero-order valence-electron chi connectivity index (χ0n) is 15.7. The summed E-state index contributed by atoms with van der Waals surface area (Å²) in [4.78, 5) is 22.3. The zero-order valence-corrected chi connectivity index (χ0v) is 15.7. The molecule has 150 valence electrons. The number of carbonyl (C=O) groups excluding carboxylic acids is 1. The van der Waals surface area contributed by atoms with Crippen molar-refractivity contribution in [3.8, 4) is 0 Å². The van der Waals surface area contributed by atoms with Gasteiger partial charge in [-0.1, -0.05) is 18.2 Å². The summed E-state index contributed by atoms with van der Waals surface area (Å²) in [6.45, 7) is 2.87. The van der Waals surface area contributed by atoms with Gasteiger partial charge in [-0.3, -0.25) is 4.79 Å². The number of anilines is 1. The van der Waals surface area contributed by atoms with E-state index < -0.39 is 11.7 Å². The van der Waals surface area contributed by atoms with E-state index in [0.29, 0.717) is 48.7 Å². The lowest BCUT2D eigenvalue weighted by Gasteiger charge is -2.32. The number of benzene rings is 1. The molecule has 1 saturated heterocycles. The Morgan fingerprint density at radius 1 is 1.25 bits per heavy atom. The number of hydrogen-bond acceptors (Lipinski definition) is 4. The predicted octanol–water partition coefficient (Wildman–Crippen LogP) is 3.87. The molecular weight excluding hydrogens is 369 g/mol. The Hall–Kier alpha value is -2.64. The summed E-state index contributed by atoms with van der Waals surface area (Å²) in [6, 6.07) is 5.74. The number of nitrogen functional groups attached to an aromatic ring is 1. The van der Waals surface area contributed by atoms with E-state index in [2.05, 4.69) is 9.97 Å². The molecule has 0 bridgehead atoms. The van der Waals surface area contributed by atoms with Crippen LogP contribution in [0.3, 0.4) is 0 Å². The van der Waals surface area contributed by atoms with E-state index in [0.717, 1.165) is 18.9 Å². The summed E-state index contributed by atoms with van der Waals surface area (Å²) in [7, 11) is 0. The number of alkyl halides is 3. The Balaban J connectivity index is 1.56. The third kappa shape index (κ3) is 4.61. The third-order valence-corrected chi connectivity index (χ3v) is 5.27. The van der Waals surface area contributed by atoms with Gasteiger partial charge in [-0.2, -0.15) is 13.2 Å². The minimum atomic E-state index is -4.33. The van der Waals surface area contributed by atoms with Crippen molar-refractivity contribution < 1.29 is 18.0 Å². The number of nitrogens with zero attached hydrogens (tertiary/aromatic N) is 3. The summed E-state index contributed by atoms with van der Waals surface area (Å²) >= 11 is 0. The molecule has 2 N–H and O–H groups in total. The van der Waals surface area contributed by atoms with Gasteiger partial charge in [-0.15, -0.1) is 0 Å². The van der Waals surface area contributed by atoms with Crippen LogP contribution in [0.15, 0.2) is 30.5 Å². The molecule has 1 aromatic heterocycles. The molecule has 1 aromatic carbocycles. The van der Waals surface area contributed by atoms with Crippen molar-refractivity contribution in [3.05, 3.63) is 52.8 Å². The second kappa shape index (κ2) is 8.16. The molecule has 1 fully saturated rings. The molecule has 0 unspecified atom stereocenters. The monoisotopic (exact) mass is 392 g/mol. The van der Waals surface area contributed by atoms with E-state index in [-0.39, 0.29) is 11.9 Å². The Kier molecular flexibility index (Phi) is 5.86. The van der Waals surface area contributed by atoms with E-state index in [1.807, 2.05) is 0 Å². The third-order valence-electron chi connectivity index (χ3n) is 5.27. The molecule has 1 aliphatic heterocycles. The van der Waals surface area contributed by atoms with Crippen molar-refractivity contribution >= 4 is 11.9 Å². The van der Waals surface area contributed by atoms with Crippen molar-refractivity contribution in [1.29, 1.82) is 0 Å². The maximum absolute atomic E-state index is 13.1. The maximum atomic E-state index is 13.1. The number of aromatic nitrogens is 2. The molecule has 2 heterocycles. The van der Waals surface area contributed by atoms with Crippen LogP contribution in [0.2, 0.25) is 0 Å². The van der Waals surface area contributed by atoms with Gasteiger partial charge >= 0.3 is 6.18 Å². The molecule has 3 rings (SSSR count). The van der Waals surface area contributed by atoms with Crippen LogP contribution < -0.4 is 5.73 Å². The van der Waals surface area contributed by atoms with E-state index in [9.17, 15) is 18.0 Å². The van der Waals surface area contributed by atoms with Gasteiger partial charge in [0.25, 0.3) is 5.91 Å². The fourth-order valence-electron chi connectivity index (χ4n) is 3.66. The lowest BCUT2D eigenvalue weighted by Crippen LogP contribution is -2.39. The first kappa shape index (κ1) is 20.1. The first-order valence-electron chi connectivity index (χ1n) is 9.29. The number of likely N-dealkylation sites (tertiary alicyclic amines) is 1. The number of halogens is 3. The van der Waals surface area contributed by atoms with Crippen LogP contribution >= 0.6 is 0 Å².